The highest BCUT2D eigenvalue weighted by atomic mass is 32.2. The summed E-state index contributed by atoms with van der Waals surface area (Å²) in [6.07, 6.45) is 1.94. The van der Waals surface area contributed by atoms with E-state index in [0.29, 0.717) is 18.8 Å². The van der Waals surface area contributed by atoms with Crippen molar-refractivity contribution in [3.05, 3.63) is 65.7 Å². The molecule has 1 N–H and O–H groups in total. The molecule has 2 aromatic rings. The Kier molecular flexibility index (Phi) is 10.3. The molecule has 0 heterocycles. The lowest BCUT2D eigenvalue weighted by atomic mass is 10.1. The van der Waals surface area contributed by atoms with Crippen LogP contribution < -0.4 is 10.1 Å². The molecule has 0 aliphatic carbocycles. The van der Waals surface area contributed by atoms with E-state index < -0.39 is 6.04 Å². The summed E-state index contributed by atoms with van der Waals surface area (Å²) in [7, 11) is 1.62. The van der Waals surface area contributed by atoms with E-state index in [1.807, 2.05) is 42.5 Å². The van der Waals surface area contributed by atoms with Crippen molar-refractivity contribution in [1.29, 1.82) is 0 Å². The van der Waals surface area contributed by atoms with Gasteiger partial charge in [0.2, 0.25) is 11.8 Å². The average molecular weight is 429 g/mol. The summed E-state index contributed by atoms with van der Waals surface area (Å²) in [6, 6.07) is 17.1. The molecule has 0 bridgehead atoms. The highest BCUT2D eigenvalue weighted by Gasteiger charge is 2.25. The fraction of sp³-hybridized carbons (Fsp3) is 0.417. The predicted octanol–water partition coefficient (Wildman–Crippen LogP) is 4.26. The third-order valence-corrected chi connectivity index (χ3v) is 5.83. The quantitative estimate of drug-likeness (QED) is 0.513. The van der Waals surface area contributed by atoms with Crippen molar-refractivity contribution in [3.8, 4) is 5.75 Å². The van der Waals surface area contributed by atoms with E-state index in [0.717, 1.165) is 29.9 Å². The number of amides is 2. The molecule has 0 spiro atoms. The molecule has 0 saturated heterocycles. The lowest BCUT2D eigenvalue weighted by Gasteiger charge is -2.29. The number of hydrogen-bond donors (Lipinski definition) is 1. The highest BCUT2D eigenvalue weighted by Crippen LogP contribution is 2.17. The number of methoxy groups -OCH3 is 1. The van der Waals surface area contributed by atoms with Gasteiger partial charge in [-0.15, -0.1) is 11.8 Å². The maximum atomic E-state index is 13.0. The number of nitrogens with one attached hydrogen (secondary N) is 1. The van der Waals surface area contributed by atoms with Crippen LogP contribution in [0.15, 0.2) is 54.6 Å². The molecule has 2 amide bonds. The van der Waals surface area contributed by atoms with Gasteiger partial charge in [0.25, 0.3) is 0 Å². The van der Waals surface area contributed by atoms with Gasteiger partial charge in [-0.05, 0) is 36.6 Å². The van der Waals surface area contributed by atoms with Crippen LogP contribution in [0.2, 0.25) is 0 Å². The summed E-state index contributed by atoms with van der Waals surface area (Å²) in [6.45, 7) is 4.90. The minimum Gasteiger partial charge on any atom is -0.497 e. The zero-order valence-electron chi connectivity index (χ0n) is 18.1. The van der Waals surface area contributed by atoms with E-state index in [2.05, 4.69) is 24.4 Å². The number of unbranched alkanes of at least 4 members (excludes halogenated alkanes) is 1. The molecule has 0 aromatic heterocycles. The highest BCUT2D eigenvalue weighted by molar-refractivity contribution is 7.99. The zero-order chi connectivity index (χ0) is 21.8. The summed E-state index contributed by atoms with van der Waals surface area (Å²) >= 11 is 1.57. The fourth-order valence-corrected chi connectivity index (χ4v) is 3.83. The van der Waals surface area contributed by atoms with Gasteiger partial charge in [-0.3, -0.25) is 9.59 Å². The first-order chi connectivity index (χ1) is 14.5. The summed E-state index contributed by atoms with van der Waals surface area (Å²) in [5.74, 6) is 1.71. The summed E-state index contributed by atoms with van der Waals surface area (Å²) in [5.41, 5.74) is 2.15. The van der Waals surface area contributed by atoms with Gasteiger partial charge in [0.1, 0.15) is 11.8 Å². The van der Waals surface area contributed by atoms with Crippen LogP contribution in [0, 0.1) is 0 Å². The molecule has 0 fully saturated rings. The SMILES string of the molecule is CCCCNC(=O)C(C)N(Cc1ccc(OC)cc1)C(=O)CSCc1ccccc1. The monoisotopic (exact) mass is 428 g/mol. The molecule has 6 heteroatoms. The lowest BCUT2D eigenvalue weighted by Crippen LogP contribution is -2.48. The summed E-state index contributed by atoms with van der Waals surface area (Å²) < 4.78 is 5.21. The molecular weight excluding hydrogens is 396 g/mol. The first-order valence-corrected chi connectivity index (χ1v) is 11.5. The smallest absolute Gasteiger partial charge is 0.242 e. The number of carbonyl (C=O) groups is 2. The minimum absolute atomic E-state index is 0.0371. The molecule has 2 rings (SSSR count). The molecule has 30 heavy (non-hydrogen) atoms. The third-order valence-electron chi connectivity index (χ3n) is 4.85. The second-order valence-electron chi connectivity index (χ2n) is 7.17. The largest absolute Gasteiger partial charge is 0.497 e. The molecule has 5 nitrogen and oxygen atoms in total. The maximum Gasteiger partial charge on any atom is 0.242 e. The van der Waals surface area contributed by atoms with Gasteiger partial charge < -0.3 is 15.0 Å². The molecule has 0 aliphatic rings. The number of ether oxygens (including phenoxy) is 1. The number of hydrogen-bond acceptors (Lipinski definition) is 4. The Balaban J connectivity index is 2.03. The van der Waals surface area contributed by atoms with Crippen LogP contribution in [-0.4, -0.2) is 42.2 Å². The molecule has 1 unspecified atom stereocenters. The first-order valence-electron chi connectivity index (χ1n) is 10.4. The zero-order valence-corrected chi connectivity index (χ0v) is 18.9. The summed E-state index contributed by atoms with van der Waals surface area (Å²) in [5, 5.41) is 2.95. The Hall–Kier alpha value is -2.47. The Bertz CT molecular complexity index is 781. The van der Waals surface area contributed by atoms with Crippen LogP contribution in [0.1, 0.15) is 37.8 Å². The van der Waals surface area contributed by atoms with Crippen LogP contribution in [0.5, 0.6) is 5.75 Å². The van der Waals surface area contributed by atoms with Crippen LogP contribution in [0.4, 0.5) is 0 Å². The van der Waals surface area contributed by atoms with E-state index in [1.54, 1.807) is 30.7 Å². The van der Waals surface area contributed by atoms with Crippen LogP contribution >= 0.6 is 11.8 Å². The van der Waals surface area contributed by atoms with Gasteiger partial charge in [0, 0.05) is 18.8 Å². The Morgan fingerprint density at radius 2 is 1.77 bits per heavy atom. The van der Waals surface area contributed by atoms with Crippen molar-refractivity contribution < 1.29 is 14.3 Å². The fourth-order valence-electron chi connectivity index (χ4n) is 2.96. The van der Waals surface area contributed by atoms with E-state index >= 15 is 0 Å². The summed E-state index contributed by atoms with van der Waals surface area (Å²) in [4.78, 5) is 27.3. The number of thioether (sulfide) groups is 1. The lowest BCUT2D eigenvalue weighted by molar-refractivity contribution is -0.138. The van der Waals surface area contributed by atoms with E-state index in [9.17, 15) is 9.59 Å². The molecule has 0 saturated carbocycles. The van der Waals surface area contributed by atoms with Crippen molar-refractivity contribution in [3.63, 3.8) is 0 Å². The molecule has 1 atom stereocenters. The second-order valence-corrected chi connectivity index (χ2v) is 8.15. The predicted molar refractivity (Wildman–Crippen MR) is 124 cm³/mol. The van der Waals surface area contributed by atoms with E-state index in [-0.39, 0.29) is 11.8 Å². The van der Waals surface area contributed by atoms with E-state index in [1.165, 1.54) is 5.56 Å². The first kappa shape index (κ1) is 23.8. The Morgan fingerprint density at radius 3 is 2.40 bits per heavy atom. The number of rotatable bonds is 12. The van der Waals surface area contributed by atoms with Crippen molar-refractivity contribution >= 4 is 23.6 Å². The molecule has 162 valence electrons. The molecular formula is C24H32N2O3S. The van der Waals surface area contributed by atoms with Crippen molar-refractivity contribution in [2.24, 2.45) is 0 Å². The van der Waals surface area contributed by atoms with Gasteiger partial charge in [0.15, 0.2) is 0 Å². The second kappa shape index (κ2) is 13.0. The number of carbonyl (C=O) groups excluding carboxylic acids is 2. The molecule has 0 radical (unpaired) electrons. The maximum absolute atomic E-state index is 13.0. The normalized spacial score (nSPS) is 11.6. The standard InChI is InChI=1S/C24H32N2O3S/c1-4-5-15-25-24(28)19(2)26(16-20-11-13-22(29-3)14-12-20)23(27)18-30-17-21-9-7-6-8-10-21/h6-14,19H,4-5,15-18H2,1-3H3,(H,25,28). The van der Waals surface area contributed by atoms with Crippen LogP contribution in [0.25, 0.3) is 0 Å². The molecule has 0 aliphatic heterocycles. The third kappa shape index (κ3) is 7.75. The van der Waals surface area contributed by atoms with Crippen LogP contribution in [-0.2, 0) is 21.9 Å². The number of nitrogens with zero attached hydrogens (tertiary/aromatic N) is 1. The van der Waals surface area contributed by atoms with Gasteiger partial charge in [0.05, 0.1) is 12.9 Å². The van der Waals surface area contributed by atoms with Gasteiger partial charge in [-0.25, -0.2) is 0 Å². The topological polar surface area (TPSA) is 58.6 Å². The minimum atomic E-state index is -0.534. The van der Waals surface area contributed by atoms with Crippen LogP contribution in [0.3, 0.4) is 0 Å². The Labute approximate surface area is 184 Å². The van der Waals surface area contributed by atoms with Crippen molar-refractivity contribution in [2.45, 2.75) is 45.0 Å². The van der Waals surface area contributed by atoms with Gasteiger partial charge in [-0.1, -0.05) is 55.8 Å². The number of benzene rings is 2. The van der Waals surface area contributed by atoms with Crippen molar-refractivity contribution in [1.82, 2.24) is 10.2 Å². The molecule has 2 aromatic carbocycles. The Morgan fingerprint density at radius 1 is 1.07 bits per heavy atom. The van der Waals surface area contributed by atoms with Gasteiger partial charge >= 0.3 is 0 Å². The average Bonchev–Trinajstić information content (AvgIpc) is 2.78. The van der Waals surface area contributed by atoms with Crippen molar-refractivity contribution in [2.75, 3.05) is 19.4 Å². The van der Waals surface area contributed by atoms with Gasteiger partial charge in [-0.2, -0.15) is 0 Å². The van der Waals surface area contributed by atoms with E-state index in [4.69, 9.17) is 4.74 Å².